The minimum atomic E-state index is 0.873. The van der Waals surface area contributed by atoms with Crippen molar-refractivity contribution in [1.82, 2.24) is 24.5 Å². The Morgan fingerprint density at radius 3 is 2.95 bits per heavy atom. The van der Waals surface area contributed by atoms with Crippen LogP contribution in [0.5, 0.6) is 0 Å². The fourth-order valence-corrected chi connectivity index (χ4v) is 2.40. The Labute approximate surface area is 118 Å². The molecular weight excluding hydrogens is 250 g/mol. The Morgan fingerprint density at radius 2 is 2.05 bits per heavy atom. The van der Waals surface area contributed by atoms with Gasteiger partial charge in [-0.3, -0.25) is 4.40 Å². The molecule has 0 atom stereocenters. The number of nitrogens with one attached hydrogen (secondary N) is 1. The molecule has 0 aliphatic carbocycles. The zero-order valence-electron chi connectivity index (χ0n) is 11.7. The molecule has 3 heterocycles. The van der Waals surface area contributed by atoms with E-state index in [9.17, 15) is 0 Å². The topological polar surface area (TPSA) is 47.2 Å². The van der Waals surface area contributed by atoms with Gasteiger partial charge in [-0.05, 0) is 31.2 Å². The molecule has 3 rings (SSSR count). The summed E-state index contributed by atoms with van der Waals surface area (Å²) >= 11 is 0. The van der Waals surface area contributed by atoms with E-state index in [1.165, 1.54) is 5.69 Å². The number of pyridine rings is 1. The van der Waals surface area contributed by atoms with Crippen LogP contribution in [0.25, 0.3) is 5.65 Å². The first-order valence-electron chi connectivity index (χ1n) is 7.02. The van der Waals surface area contributed by atoms with E-state index in [2.05, 4.69) is 45.3 Å². The van der Waals surface area contributed by atoms with E-state index in [0.29, 0.717) is 0 Å². The van der Waals surface area contributed by atoms with Crippen LogP contribution in [-0.2, 0) is 19.5 Å². The summed E-state index contributed by atoms with van der Waals surface area (Å²) in [4.78, 5) is 0. The number of aryl methyl sites for hydroxylation is 1. The number of rotatable bonds is 6. The second kappa shape index (κ2) is 5.88. The molecule has 0 fully saturated rings. The van der Waals surface area contributed by atoms with E-state index in [-0.39, 0.29) is 0 Å². The van der Waals surface area contributed by atoms with Gasteiger partial charge in [0.25, 0.3) is 0 Å². The normalized spacial score (nSPS) is 11.2. The monoisotopic (exact) mass is 269 g/mol. The van der Waals surface area contributed by atoms with Crippen molar-refractivity contribution in [1.29, 1.82) is 0 Å². The van der Waals surface area contributed by atoms with Crippen LogP contribution in [0.15, 0.2) is 42.7 Å². The average molecular weight is 269 g/mol. The second-order valence-electron chi connectivity index (χ2n) is 4.76. The molecular formula is C15H19N5. The van der Waals surface area contributed by atoms with Gasteiger partial charge in [-0.2, -0.15) is 0 Å². The minimum Gasteiger partial charge on any atom is -0.351 e. The van der Waals surface area contributed by atoms with Crippen molar-refractivity contribution in [3.63, 3.8) is 0 Å². The van der Waals surface area contributed by atoms with Crippen molar-refractivity contribution < 1.29 is 0 Å². The molecule has 0 saturated heterocycles. The lowest BCUT2D eigenvalue weighted by atomic mass is 10.3. The van der Waals surface area contributed by atoms with Gasteiger partial charge in [0.05, 0.1) is 0 Å². The number of hydrogen-bond acceptors (Lipinski definition) is 3. The van der Waals surface area contributed by atoms with Gasteiger partial charge in [-0.25, -0.2) is 0 Å². The smallest absolute Gasteiger partial charge is 0.160 e. The molecule has 104 valence electrons. The van der Waals surface area contributed by atoms with E-state index in [1.807, 2.05) is 28.8 Å². The Hall–Kier alpha value is -2.14. The lowest BCUT2D eigenvalue weighted by Gasteiger charge is -2.07. The van der Waals surface area contributed by atoms with Crippen LogP contribution in [0.1, 0.15) is 18.4 Å². The summed E-state index contributed by atoms with van der Waals surface area (Å²) in [6, 6.07) is 10.2. The van der Waals surface area contributed by atoms with E-state index < -0.39 is 0 Å². The lowest BCUT2D eigenvalue weighted by molar-refractivity contribution is 0.619. The highest BCUT2D eigenvalue weighted by molar-refractivity contribution is 5.36. The summed E-state index contributed by atoms with van der Waals surface area (Å²) < 4.78 is 4.29. The molecule has 0 unspecified atom stereocenters. The molecule has 0 amide bonds. The molecule has 20 heavy (non-hydrogen) atoms. The standard InChI is InChI=1S/C15H19N5/c1-2-19-10-5-6-13(19)12-16-9-8-15-18-17-14-7-3-4-11-20(14)15/h3-7,10-11,16H,2,8-9,12H2,1H3. The van der Waals surface area contributed by atoms with Gasteiger partial charge >= 0.3 is 0 Å². The highest BCUT2D eigenvalue weighted by Crippen LogP contribution is 2.04. The molecule has 0 bridgehead atoms. The van der Waals surface area contributed by atoms with Gasteiger partial charge in [0.1, 0.15) is 5.82 Å². The first kappa shape index (κ1) is 12.9. The number of nitrogens with zero attached hydrogens (tertiary/aromatic N) is 4. The fourth-order valence-electron chi connectivity index (χ4n) is 2.40. The Kier molecular flexibility index (Phi) is 3.78. The number of fused-ring (bicyclic) bond motifs is 1. The summed E-state index contributed by atoms with van der Waals surface area (Å²) in [7, 11) is 0. The third-order valence-electron chi connectivity index (χ3n) is 3.48. The maximum absolute atomic E-state index is 4.23. The van der Waals surface area contributed by atoms with Crippen LogP contribution < -0.4 is 5.32 Å². The van der Waals surface area contributed by atoms with Crippen molar-refractivity contribution in [2.24, 2.45) is 0 Å². The first-order chi connectivity index (χ1) is 9.88. The van der Waals surface area contributed by atoms with Crippen LogP contribution in [0.4, 0.5) is 0 Å². The summed E-state index contributed by atoms with van der Waals surface area (Å²) in [5.41, 5.74) is 2.22. The number of hydrogen-bond donors (Lipinski definition) is 1. The highest BCUT2D eigenvalue weighted by Gasteiger charge is 2.04. The Bertz CT molecular complexity index is 682. The zero-order valence-corrected chi connectivity index (χ0v) is 11.7. The van der Waals surface area contributed by atoms with Crippen molar-refractivity contribution >= 4 is 5.65 Å². The Morgan fingerprint density at radius 1 is 1.10 bits per heavy atom. The predicted molar refractivity (Wildman–Crippen MR) is 78.5 cm³/mol. The molecule has 0 spiro atoms. The first-order valence-corrected chi connectivity index (χ1v) is 7.02. The van der Waals surface area contributed by atoms with Crippen molar-refractivity contribution in [2.45, 2.75) is 26.4 Å². The van der Waals surface area contributed by atoms with Crippen LogP contribution in [-0.4, -0.2) is 25.7 Å². The van der Waals surface area contributed by atoms with Gasteiger partial charge in [-0.15, -0.1) is 10.2 Å². The lowest BCUT2D eigenvalue weighted by Crippen LogP contribution is -2.19. The van der Waals surface area contributed by atoms with Crippen molar-refractivity contribution in [3.8, 4) is 0 Å². The minimum absolute atomic E-state index is 0.873. The van der Waals surface area contributed by atoms with Crippen molar-refractivity contribution in [2.75, 3.05) is 6.54 Å². The van der Waals surface area contributed by atoms with Crippen LogP contribution in [0.2, 0.25) is 0 Å². The van der Waals surface area contributed by atoms with Gasteiger partial charge in [-0.1, -0.05) is 6.07 Å². The van der Waals surface area contributed by atoms with Crippen LogP contribution in [0.3, 0.4) is 0 Å². The van der Waals surface area contributed by atoms with E-state index in [4.69, 9.17) is 0 Å². The Balaban J connectivity index is 1.55. The molecule has 1 N–H and O–H groups in total. The zero-order chi connectivity index (χ0) is 13.8. The summed E-state index contributed by atoms with van der Waals surface area (Å²) in [5.74, 6) is 0.999. The largest absolute Gasteiger partial charge is 0.351 e. The van der Waals surface area contributed by atoms with Gasteiger partial charge in [0, 0.05) is 44.1 Å². The molecule has 5 nitrogen and oxygen atoms in total. The highest BCUT2D eigenvalue weighted by atomic mass is 15.2. The third-order valence-corrected chi connectivity index (χ3v) is 3.48. The molecule has 5 heteroatoms. The predicted octanol–water partition coefficient (Wildman–Crippen LogP) is 1.88. The van der Waals surface area contributed by atoms with E-state index in [0.717, 1.165) is 37.5 Å². The molecule has 0 radical (unpaired) electrons. The van der Waals surface area contributed by atoms with E-state index in [1.54, 1.807) is 0 Å². The van der Waals surface area contributed by atoms with Crippen LogP contribution in [0, 0.1) is 0 Å². The van der Waals surface area contributed by atoms with Gasteiger partial charge in [0.2, 0.25) is 0 Å². The van der Waals surface area contributed by atoms with Crippen molar-refractivity contribution in [3.05, 3.63) is 54.2 Å². The summed E-state index contributed by atoms with van der Waals surface area (Å²) in [5, 5.41) is 11.9. The third kappa shape index (κ3) is 2.58. The fraction of sp³-hybridized carbons (Fsp3) is 0.333. The maximum Gasteiger partial charge on any atom is 0.160 e. The summed E-state index contributed by atoms with van der Waals surface area (Å²) in [6.07, 6.45) is 4.99. The molecule has 3 aromatic heterocycles. The molecule has 0 aliphatic heterocycles. The second-order valence-corrected chi connectivity index (χ2v) is 4.76. The quantitative estimate of drug-likeness (QED) is 0.695. The molecule has 3 aromatic rings. The van der Waals surface area contributed by atoms with Gasteiger partial charge in [0.15, 0.2) is 5.65 Å². The molecule has 0 aromatic carbocycles. The van der Waals surface area contributed by atoms with Gasteiger partial charge < -0.3 is 9.88 Å². The SMILES string of the molecule is CCn1cccc1CNCCc1nnc2ccccn12. The van der Waals surface area contributed by atoms with Crippen LogP contribution >= 0.6 is 0 Å². The number of aromatic nitrogens is 4. The molecule has 0 aliphatic rings. The maximum atomic E-state index is 4.23. The average Bonchev–Trinajstić information content (AvgIpc) is 3.10. The molecule has 0 saturated carbocycles. The van der Waals surface area contributed by atoms with E-state index >= 15 is 0 Å². The summed E-state index contributed by atoms with van der Waals surface area (Å²) in [6.45, 7) is 4.95.